The first-order valence-corrected chi connectivity index (χ1v) is 9.45. The van der Waals surface area contributed by atoms with Crippen LogP contribution in [0.25, 0.3) is 22.3 Å². The largest absolute Gasteiger partial charge is 0.429 e. The molecular formula is C23H17F2N5O2. The van der Waals surface area contributed by atoms with Gasteiger partial charge in [0.1, 0.15) is 11.6 Å². The van der Waals surface area contributed by atoms with Gasteiger partial charge in [0.15, 0.2) is 5.82 Å². The number of ether oxygens (including phenoxy) is 1. The molecule has 0 aliphatic rings. The molecule has 0 aliphatic carbocycles. The summed E-state index contributed by atoms with van der Waals surface area (Å²) in [6, 6.07) is 14.5. The maximum Gasteiger partial charge on any atom is 0.419 e. The summed E-state index contributed by atoms with van der Waals surface area (Å²) in [5.74, 6) is -0.0510. The Kier molecular flexibility index (Phi) is 5.46. The molecule has 7 nitrogen and oxygen atoms in total. The van der Waals surface area contributed by atoms with Crippen LogP contribution in [0.2, 0.25) is 0 Å². The number of anilines is 2. The minimum absolute atomic E-state index is 0.0956. The van der Waals surface area contributed by atoms with Crippen LogP contribution >= 0.6 is 0 Å². The van der Waals surface area contributed by atoms with Crippen molar-refractivity contribution in [1.82, 2.24) is 15.0 Å². The van der Waals surface area contributed by atoms with E-state index in [1.807, 2.05) is 0 Å². The third kappa shape index (κ3) is 4.36. The Morgan fingerprint density at radius 2 is 1.94 bits per heavy atom. The second-order valence-electron chi connectivity index (χ2n) is 6.72. The zero-order valence-electron chi connectivity index (χ0n) is 16.6. The highest BCUT2D eigenvalue weighted by Crippen LogP contribution is 2.32. The monoisotopic (exact) mass is 433 g/mol. The molecule has 0 saturated heterocycles. The number of nitrogens with zero attached hydrogens (tertiary/aromatic N) is 3. The number of pyridine rings is 1. The van der Waals surface area contributed by atoms with Crippen molar-refractivity contribution in [1.29, 1.82) is 0 Å². The molecule has 2 aromatic carbocycles. The van der Waals surface area contributed by atoms with Crippen LogP contribution in [0.1, 0.15) is 10.4 Å². The average Bonchev–Trinajstić information content (AvgIpc) is 2.79. The van der Waals surface area contributed by atoms with Gasteiger partial charge in [0.2, 0.25) is 0 Å². The lowest BCUT2D eigenvalue weighted by atomic mass is 10.1. The highest BCUT2D eigenvalue weighted by Gasteiger charge is 2.27. The molecule has 0 bridgehead atoms. The fourth-order valence-corrected chi connectivity index (χ4v) is 3.03. The molecule has 4 aromatic rings. The van der Waals surface area contributed by atoms with E-state index < -0.39 is 12.0 Å². The summed E-state index contributed by atoms with van der Waals surface area (Å²) in [5, 5.41) is 3.63. The highest BCUT2D eigenvalue weighted by molar-refractivity contribution is 6.01. The van der Waals surface area contributed by atoms with E-state index in [1.165, 1.54) is 12.1 Å². The number of carbonyl (C=O) groups excluding carboxylic acids is 1. The van der Waals surface area contributed by atoms with E-state index in [0.29, 0.717) is 39.9 Å². The van der Waals surface area contributed by atoms with Crippen LogP contribution in [-0.4, -0.2) is 27.0 Å². The van der Waals surface area contributed by atoms with Crippen molar-refractivity contribution in [3.05, 3.63) is 85.2 Å². The summed E-state index contributed by atoms with van der Waals surface area (Å²) in [4.78, 5) is 24.9. The number of halogens is 2. The van der Waals surface area contributed by atoms with Gasteiger partial charge < -0.3 is 15.8 Å². The lowest BCUT2D eigenvalue weighted by Gasteiger charge is -2.16. The summed E-state index contributed by atoms with van der Waals surface area (Å²) in [6.07, 6.45) is 0.0605. The van der Waals surface area contributed by atoms with E-state index in [-0.39, 0.29) is 11.3 Å². The molecule has 0 saturated carbocycles. The lowest BCUT2D eigenvalue weighted by Crippen LogP contribution is -2.20. The molecule has 0 unspecified atom stereocenters. The summed E-state index contributed by atoms with van der Waals surface area (Å²) in [6.45, 7) is 3.07. The maximum absolute atomic E-state index is 13.6. The van der Waals surface area contributed by atoms with E-state index in [9.17, 15) is 13.6 Å². The fraction of sp³-hybridized carbons (Fsp3) is 0.0435. The number of fused-ring (bicyclic) bond motifs is 1. The van der Waals surface area contributed by atoms with Crippen LogP contribution < -0.4 is 15.8 Å². The van der Waals surface area contributed by atoms with E-state index >= 15 is 0 Å². The first-order chi connectivity index (χ1) is 15.4. The van der Waals surface area contributed by atoms with Gasteiger partial charge >= 0.3 is 6.11 Å². The van der Waals surface area contributed by atoms with Crippen molar-refractivity contribution >= 4 is 28.3 Å². The van der Waals surface area contributed by atoms with Crippen LogP contribution in [0.4, 0.5) is 20.3 Å². The van der Waals surface area contributed by atoms with Crippen LogP contribution in [0, 0.1) is 0 Å². The molecular weight excluding hydrogens is 416 g/mol. The Hall–Kier alpha value is -4.40. The molecule has 32 heavy (non-hydrogen) atoms. The van der Waals surface area contributed by atoms with Crippen molar-refractivity contribution in [2.75, 3.05) is 5.32 Å². The molecule has 0 aliphatic heterocycles. The van der Waals surface area contributed by atoms with E-state index in [2.05, 4.69) is 26.8 Å². The summed E-state index contributed by atoms with van der Waals surface area (Å²) in [5.41, 5.74) is 7.15. The van der Waals surface area contributed by atoms with Crippen LogP contribution in [-0.2, 0) is 0 Å². The van der Waals surface area contributed by atoms with Crippen LogP contribution in [0.5, 0.6) is 5.75 Å². The Labute approximate surface area is 181 Å². The number of aromatic nitrogens is 3. The van der Waals surface area contributed by atoms with E-state index in [4.69, 9.17) is 10.5 Å². The second-order valence-corrected chi connectivity index (χ2v) is 6.72. The number of amides is 1. The molecule has 9 heteroatoms. The standard InChI is InChI=1S/C23H17F2N5O2/c1-2-23(24,25)32-15-9-10-17-19(12-15)29-21(14-6-5-11-27-13-14)30-22(17)28-18-8-4-3-7-16(18)20(26)31/h2-13H,1H2,(H2,26,31)(H,28,29,30). The number of nitrogens with one attached hydrogen (secondary N) is 1. The van der Waals surface area contributed by atoms with Gasteiger partial charge in [-0.25, -0.2) is 9.97 Å². The molecule has 4 rings (SSSR count). The van der Waals surface area contributed by atoms with Gasteiger partial charge in [0.05, 0.1) is 16.8 Å². The predicted octanol–water partition coefficient (Wildman–Crippen LogP) is 4.69. The normalized spacial score (nSPS) is 11.2. The van der Waals surface area contributed by atoms with Crippen molar-refractivity contribution < 1.29 is 18.3 Å². The summed E-state index contributed by atoms with van der Waals surface area (Å²) < 4.78 is 32.0. The Morgan fingerprint density at radius 1 is 1.12 bits per heavy atom. The smallest absolute Gasteiger partial charge is 0.419 e. The fourth-order valence-electron chi connectivity index (χ4n) is 3.03. The molecule has 160 valence electrons. The first kappa shape index (κ1) is 20.9. The minimum atomic E-state index is -3.53. The third-order valence-corrected chi connectivity index (χ3v) is 4.53. The number of rotatable bonds is 7. The van der Waals surface area contributed by atoms with Gasteiger partial charge in [-0.1, -0.05) is 18.7 Å². The lowest BCUT2D eigenvalue weighted by molar-refractivity contribution is -0.131. The molecule has 0 radical (unpaired) electrons. The SMILES string of the molecule is C=CC(F)(F)Oc1ccc2c(Nc3ccccc3C(N)=O)nc(-c3cccnc3)nc2c1. The van der Waals surface area contributed by atoms with Gasteiger partial charge in [0, 0.05) is 35.5 Å². The van der Waals surface area contributed by atoms with Crippen molar-refractivity contribution in [2.24, 2.45) is 5.73 Å². The highest BCUT2D eigenvalue weighted by atomic mass is 19.3. The maximum atomic E-state index is 13.6. The number of primary amides is 1. The summed E-state index contributed by atoms with van der Waals surface area (Å²) >= 11 is 0. The molecule has 2 aromatic heterocycles. The number of nitrogens with two attached hydrogens (primary N) is 1. The van der Waals surface area contributed by atoms with Crippen LogP contribution in [0.15, 0.2) is 79.6 Å². The Balaban J connectivity index is 1.87. The molecule has 3 N–H and O–H groups in total. The average molecular weight is 433 g/mol. The van der Waals surface area contributed by atoms with Gasteiger partial charge in [-0.15, -0.1) is 0 Å². The van der Waals surface area contributed by atoms with E-state index in [1.54, 1.807) is 54.9 Å². The van der Waals surface area contributed by atoms with Crippen molar-refractivity contribution in [2.45, 2.75) is 6.11 Å². The zero-order valence-corrected chi connectivity index (χ0v) is 16.6. The van der Waals surface area contributed by atoms with Gasteiger partial charge in [-0.2, -0.15) is 8.78 Å². The number of para-hydroxylation sites is 1. The number of carbonyl (C=O) groups is 1. The minimum Gasteiger partial charge on any atom is -0.429 e. The number of alkyl halides is 2. The first-order valence-electron chi connectivity index (χ1n) is 9.45. The molecule has 0 fully saturated rings. The predicted molar refractivity (Wildman–Crippen MR) is 117 cm³/mol. The van der Waals surface area contributed by atoms with Gasteiger partial charge in [-0.05, 0) is 36.4 Å². The van der Waals surface area contributed by atoms with Crippen molar-refractivity contribution in [3.8, 4) is 17.1 Å². The van der Waals surface area contributed by atoms with Crippen molar-refractivity contribution in [3.63, 3.8) is 0 Å². The topological polar surface area (TPSA) is 103 Å². The summed E-state index contributed by atoms with van der Waals surface area (Å²) in [7, 11) is 0. The molecule has 0 spiro atoms. The number of hydrogen-bond donors (Lipinski definition) is 2. The molecule has 1 amide bonds. The molecule has 0 atom stereocenters. The van der Waals surface area contributed by atoms with Gasteiger partial charge in [0.25, 0.3) is 5.91 Å². The van der Waals surface area contributed by atoms with Crippen LogP contribution in [0.3, 0.4) is 0 Å². The second kappa shape index (κ2) is 8.38. The Bertz CT molecular complexity index is 1310. The Morgan fingerprint density at radius 3 is 2.66 bits per heavy atom. The number of benzene rings is 2. The quantitative estimate of drug-likeness (QED) is 0.410. The zero-order chi connectivity index (χ0) is 22.7. The van der Waals surface area contributed by atoms with E-state index in [0.717, 1.165) is 0 Å². The molecule has 2 heterocycles. The number of hydrogen-bond acceptors (Lipinski definition) is 6. The van der Waals surface area contributed by atoms with Gasteiger partial charge in [-0.3, -0.25) is 9.78 Å². The third-order valence-electron chi connectivity index (χ3n) is 4.53.